The van der Waals surface area contributed by atoms with Crippen LogP contribution in [0.4, 0.5) is 10.7 Å². The largest absolute Gasteiger partial charge is 0.469 e. The number of piperidine rings is 1. The maximum atomic E-state index is 13.0. The first kappa shape index (κ1) is 30.2. The molecule has 11 nitrogen and oxygen atoms in total. The Morgan fingerprint density at radius 2 is 1.84 bits per heavy atom. The van der Waals surface area contributed by atoms with Crippen LogP contribution < -0.4 is 5.32 Å². The fourth-order valence-corrected chi connectivity index (χ4v) is 6.14. The van der Waals surface area contributed by atoms with Crippen molar-refractivity contribution in [3.63, 3.8) is 0 Å². The van der Waals surface area contributed by atoms with Crippen LogP contribution in [0.3, 0.4) is 0 Å². The predicted octanol–water partition coefficient (Wildman–Crippen LogP) is 6.12. The van der Waals surface area contributed by atoms with Crippen LogP contribution in [0.2, 0.25) is 0 Å². The summed E-state index contributed by atoms with van der Waals surface area (Å²) in [5.41, 5.74) is 4.44. The molecule has 12 heteroatoms. The third-order valence-electron chi connectivity index (χ3n) is 7.53. The van der Waals surface area contributed by atoms with Crippen molar-refractivity contribution in [2.24, 2.45) is 5.92 Å². The van der Waals surface area contributed by atoms with Gasteiger partial charge in [0.1, 0.15) is 21.9 Å². The standard InChI is InChI=1S/C33H35N7O4S/c1-20-16-35-31(36-22-15-21(30(41)43-5)17-39(18-22)32(42)44-33(2,3)4)38-27(20)25-19-40(23-9-7-6-8-10-23)28-24(25)11-12-26(37-28)29-34-13-14-45-29/h6-14,16,19,21-22H,15,17-18H2,1-5H3,(H,35,36,38)/t21-,22+/m1/s1. The van der Waals surface area contributed by atoms with E-state index in [2.05, 4.69) is 32.1 Å². The first-order valence-electron chi connectivity index (χ1n) is 14.7. The summed E-state index contributed by atoms with van der Waals surface area (Å²) in [4.78, 5) is 46.1. The van der Waals surface area contributed by atoms with E-state index < -0.39 is 17.6 Å². The predicted molar refractivity (Wildman–Crippen MR) is 173 cm³/mol. The van der Waals surface area contributed by atoms with Gasteiger partial charge in [-0.25, -0.2) is 24.7 Å². The van der Waals surface area contributed by atoms with Gasteiger partial charge in [-0.05, 0) is 63.9 Å². The van der Waals surface area contributed by atoms with Crippen molar-refractivity contribution in [1.82, 2.24) is 29.4 Å². The van der Waals surface area contributed by atoms with Gasteiger partial charge in [0.05, 0.1) is 18.7 Å². The quantitative estimate of drug-likeness (QED) is 0.222. The number of nitrogens with zero attached hydrogens (tertiary/aromatic N) is 6. The SMILES string of the molecule is COC(=O)[C@@H]1C[C@H](Nc2ncc(C)c(-c3cn(-c4ccccc4)c4nc(-c5nccs5)ccc34)n2)CN(C(=O)OC(C)(C)C)C1. The Hall–Kier alpha value is -4.84. The molecule has 1 N–H and O–H groups in total. The number of ether oxygens (including phenoxy) is 2. The Balaban J connectivity index is 1.36. The van der Waals surface area contributed by atoms with Gasteiger partial charge in [-0.3, -0.25) is 4.79 Å². The first-order valence-corrected chi connectivity index (χ1v) is 15.6. The number of methoxy groups -OCH3 is 1. The van der Waals surface area contributed by atoms with E-state index in [9.17, 15) is 9.59 Å². The fraction of sp³-hybridized carbons (Fsp3) is 0.333. The monoisotopic (exact) mass is 625 g/mol. The lowest BCUT2D eigenvalue weighted by Crippen LogP contribution is -2.52. The van der Waals surface area contributed by atoms with Gasteiger partial charge < -0.3 is 24.3 Å². The molecule has 1 amide bonds. The number of nitrogens with one attached hydrogen (secondary N) is 1. The molecule has 1 aliphatic rings. The minimum absolute atomic E-state index is 0.217. The Kier molecular flexibility index (Phi) is 8.24. The summed E-state index contributed by atoms with van der Waals surface area (Å²) in [6.45, 7) is 7.96. The van der Waals surface area contributed by atoms with Crippen molar-refractivity contribution < 1.29 is 19.1 Å². The molecule has 1 fully saturated rings. The van der Waals surface area contributed by atoms with Gasteiger partial charge in [0, 0.05) is 59.7 Å². The lowest BCUT2D eigenvalue weighted by atomic mass is 9.94. The van der Waals surface area contributed by atoms with Crippen molar-refractivity contribution >= 4 is 40.4 Å². The maximum absolute atomic E-state index is 13.0. The van der Waals surface area contributed by atoms with E-state index in [1.165, 1.54) is 7.11 Å². The van der Waals surface area contributed by atoms with Crippen molar-refractivity contribution in [3.05, 3.63) is 72.0 Å². The van der Waals surface area contributed by atoms with Gasteiger partial charge in [-0.15, -0.1) is 11.3 Å². The molecular weight excluding hydrogens is 590 g/mol. The molecule has 0 aliphatic carbocycles. The molecule has 5 aromatic rings. The van der Waals surface area contributed by atoms with E-state index in [4.69, 9.17) is 19.4 Å². The highest BCUT2D eigenvalue weighted by Gasteiger charge is 2.36. The molecule has 2 atom stereocenters. The van der Waals surface area contributed by atoms with Gasteiger partial charge in [-0.1, -0.05) is 18.2 Å². The zero-order chi connectivity index (χ0) is 31.7. The number of benzene rings is 1. The molecule has 5 heterocycles. The lowest BCUT2D eigenvalue weighted by Gasteiger charge is -2.37. The zero-order valence-corrected chi connectivity index (χ0v) is 26.7. The number of carbonyl (C=O) groups is 2. The number of pyridine rings is 1. The van der Waals surface area contributed by atoms with Crippen LogP contribution in [0, 0.1) is 12.8 Å². The molecule has 6 rings (SSSR count). The Bertz CT molecular complexity index is 1830. The topological polar surface area (TPSA) is 124 Å². The Labute approximate surface area is 265 Å². The number of para-hydroxylation sites is 1. The smallest absolute Gasteiger partial charge is 0.410 e. The van der Waals surface area contributed by atoms with Gasteiger partial charge >= 0.3 is 12.1 Å². The van der Waals surface area contributed by atoms with Crippen LogP contribution in [-0.2, 0) is 14.3 Å². The number of fused-ring (bicyclic) bond motifs is 1. The molecule has 0 radical (unpaired) electrons. The average Bonchev–Trinajstić information content (AvgIpc) is 3.70. The third kappa shape index (κ3) is 6.51. The van der Waals surface area contributed by atoms with Crippen LogP contribution in [0.1, 0.15) is 32.8 Å². The van der Waals surface area contributed by atoms with E-state index in [0.717, 1.165) is 44.2 Å². The number of rotatable bonds is 6. The van der Waals surface area contributed by atoms with E-state index >= 15 is 0 Å². The number of hydrogen-bond donors (Lipinski definition) is 1. The molecule has 0 bridgehead atoms. The summed E-state index contributed by atoms with van der Waals surface area (Å²) < 4.78 is 12.7. The summed E-state index contributed by atoms with van der Waals surface area (Å²) in [6.07, 6.45) is 5.58. The minimum atomic E-state index is -0.665. The van der Waals surface area contributed by atoms with Crippen molar-refractivity contribution in [1.29, 1.82) is 0 Å². The number of amides is 1. The second-order valence-corrected chi connectivity index (χ2v) is 13.0. The van der Waals surface area contributed by atoms with Crippen LogP contribution in [0.25, 0.3) is 38.7 Å². The average molecular weight is 626 g/mol. The number of aromatic nitrogens is 5. The van der Waals surface area contributed by atoms with Crippen molar-refractivity contribution in [3.8, 4) is 27.6 Å². The summed E-state index contributed by atoms with van der Waals surface area (Å²) in [6, 6.07) is 13.8. The summed E-state index contributed by atoms with van der Waals surface area (Å²) in [5, 5.41) is 7.10. The van der Waals surface area contributed by atoms with Gasteiger partial charge in [0.2, 0.25) is 5.95 Å². The number of hydrogen-bond acceptors (Lipinski definition) is 10. The first-order chi connectivity index (χ1) is 21.6. The summed E-state index contributed by atoms with van der Waals surface area (Å²) >= 11 is 1.54. The van der Waals surface area contributed by atoms with Crippen molar-refractivity contribution in [2.45, 2.75) is 45.8 Å². The number of likely N-dealkylation sites (tertiary alicyclic amines) is 1. The fourth-order valence-electron chi connectivity index (χ4n) is 5.53. The number of anilines is 1. The van der Waals surface area contributed by atoms with Gasteiger partial charge in [0.25, 0.3) is 0 Å². The molecule has 1 saturated heterocycles. The second-order valence-electron chi connectivity index (χ2n) is 12.1. The number of esters is 1. The van der Waals surface area contributed by atoms with Gasteiger partial charge in [0.15, 0.2) is 0 Å². The minimum Gasteiger partial charge on any atom is -0.469 e. The number of carbonyl (C=O) groups excluding carboxylic acids is 2. The second kappa shape index (κ2) is 12.3. The molecule has 1 aromatic carbocycles. The molecule has 0 unspecified atom stereocenters. The highest BCUT2D eigenvalue weighted by molar-refractivity contribution is 7.13. The molecule has 1 aliphatic heterocycles. The van der Waals surface area contributed by atoms with Crippen LogP contribution >= 0.6 is 11.3 Å². The van der Waals surface area contributed by atoms with E-state index in [1.54, 1.807) is 28.6 Å². The highest BCUT2D eigenvalue weighted by Crippen LogP contribution is 2.35. The molecule has 0 spiro atoms. The molecule has 232 valence electrons. The molecule has 4 aromatic heterocycles. The number of aryl methyl sites for hydroxylation is 1. The van der Waals surface area contributed by atoms with Crippen LogP contribution in [0.5, 0.6) is 0 Å². The normalized spacial score (nSPS) is 16.9. The zero-order valence-electron chi connectivity index (χ0n) is 25.9. The lowest BCUT2D eigenvalue weighted by molar-refractivity contribution is -0.147. The van der Waals surface area contributed by atoms with Crippen LogP contribution in [0.15, 0.2) is 66.4 Å². The molecule has 45 heavy (non-hydrogen) atoms. The van der Waals surface area contributed by atoms with Gasteiger partial charge in [-0.2, -0.15) is 0 Å². The molecular formula is C33H35N7O4S. The Morgan fingerprint density at radius 1 is 1.04 bits per heavy atom. The van der Waals surface area contributed by atoms with E-state index in [0.29, 0.717) is 18.9 Å². The number of thiazole rings is 1. The van der Waals surface area contributed by atoms with E-state index in [-0.39, 0.29) is 18.6 Å². The maximum Gasteiger partial charge on any atom is 0.410 e. The Morgan fingerprint density at radius 3 is 2.56 bits per heavy atom. The molecule has 0 saturated carbocycles. The van der Waals surface area contributed by atoms with Crippen LogP contribution in [-0.4, -0.2) is 73.3 Å². The highest BCUT2D eigenvalue weighted by atomic mass is 32.1. The third-order valence-corrected chi connectivity index (χ3v) is 8.33. The summed E-state index contributed by atoms with van der Waals surface area (Å²) in [5.74, 6) is -0.497. The summed E-state index contributed by atoms with van der Waals surface area (Å²) in [7, 11) is 1.35. The van der Waals surface area contributed by atoms with Crippen molar-refractivity contribution in [2.75, 3.05) is 25.5 Å². The van der Waals surface area contributed by atoms with E-state index in [1.807, 2.05) is 69.5 Å².